The van der Waals surface area contributed by atoms with E-state index < -0.39 is 0 Å². The number of aromatic nitrogens is 2. The fourth-order valence-corrected chi connectivity index (χ4v) is 2.20. The van der Waals surface area contributed by atoms with E-state index in [1.807, 2.05) is 36.7 Å². The van der Waals surface area contributed by atoms with Crippen LogP contribution in [-0.4, -0.2) is 21.4 Å². The van der Waals surface area contributed by atoms with Gasteiger partial charge in [-0.15, -0.1) is 0 Å². The highest BCUT2D eigenvalue weighted by Crippen LogP contribution is 2.20. The predicted molar refractivity (Wildman–Crippen MR) is 71.7 cm³/mol. The van der Waals surface area contributed by atoms with Gasteiger partial charge in [-0.3, -0.25) is 4.68 Å². The van der Waals surface area contributed by atoms with E-state index >= 15 is 0 Å². The highest BCUT2D eigenvalue weighted by Gasteiger charge is 2.11. The second kappa shape index (κ2) is 5.23. The zero-order valence-corrected chi connectivity index (χ0v) is 10.8. The lowest BCUT2D eigenvalue weighted by molar-refractivity contribution is 0.463. The van der Waals surface area contributed by atoms with E-state index in [1.165, 1.54) is 5.56 Å². The van der Waals surface area contributed by atoms with Gasteiger partial charge in [0.25, 0.3) is 0 Å². The Morgan fingerprint density at radius 2 is 2.00 bits per heavy atom. The summed E-state index contributed by atoms with van der Waals surface area (Å²) in [5, 5.41) is 14.3. The molecular weight excluding hydrogens is 226 g/mol. The maximum atomic E-state index is 9.78. The molecule has 4 heteroatoms. The molecule has 0 amide bonds. The number of nitrogens with zero attached hydrogens (tertiary/aromatic N) is 2. The zero-order valence-electron chi connectivity index (χ0n) is 10.8. The summed E-state index contributed by atoms with van der Waals surface area (Å²) in [7, 11) is 0. The summed E-state index contributed by atoms with van der Waals surface area (Å²) in [6.07, 6.45) is 0.846. The number of phenols is 1. The number of hydrogen-bond acceptors (Lipinski definition) is 3. The predicted octanol–water partition coefficient (Wildman–Crippen LogP) is 1.76. The van der Waals surface area contributed by atoms with Crippen molar-refractivity contribution in [2.24, 2.45) is 5.73 Å². The van der Waals surface area contributed by atoms with Crippen molar-refractivity contribution in [3.8, 4) is 5.75 Å². The molecule has 0 saturated carbocycles. The Bertz CT molecular complexity index is 546. The number of hydrogen-bond donors (Lipinski definition) is 2. The van der Waals surface area contributed by atoms with Gasteiger partial charge in [-0.2, -0.15) is 5.10 Å². The lowest BCUT2D eigenvalue weighted by Crippen LogP contribution is -2.06. The van der Waals surface area contributed by atoms with Crippen molar-refractivity contribution >= 4 is 0 Å². The molecule has 0 saturated heterocycles. The molecule has 2 rings (SSSR count). The van der Waals surface area contributed by atoms with E-state index in [2.05, 4.69) is 5.10 Å². The molecule has 0 bridgehead atoms. The minimum atomic E-state index is 0.311. The fraction of sp³-hybridized carbons (Fsp3) is 0.357. The SMILES string of the molecule is Cc1nn(Cc2ccccc2O)c(C)c1CCN. The number of nitrogens with two attached hydrogens (primary N) is 1. The van der Waals surface area contributed by atoms with Crippen molar-refractivity contribution < 1.29 is 5.11 Å². The number of phenolic OH excluding ortho intramolecular Hbond substituents is 1. The molecule has 0 aliphatic heterocycles. The third kappa shape index (κ3) is 2.38. The third-order valence-electron chi connectivity index (χ3n) is 3.24. The van der Waals surface area contributed by atoms with Crippen LogP contribution in [0.15, 0.2) is 24.3 Å². The number of aryl methyl sites for hydroxylation is 1. The van der Waals surface area contributed by atoms with Gasteiger partial charge in [-0.1, -0.05) is 18.2 Å². The van der Waals surface area contributed by atoms with Crippen molar-refractivity contribution in [3.05, 3.63) is 46.8 Å². The van der Waals surface area contributed by atoms with Crippen LogP contribution in [0.1, 0.15) is 22.5 Å². The van der Waals surface area contributed by atoms with Crippen molar-refractivity contribution in [3.63, 3.8) is 0 Å². The average Bonchev–Trinajstić information content (AvgIpc) is 2.60. The minimum absolute atomic E-state index is 0.311. The molecule has 1 aromatic heterocycles. The number of aromatic hydroxyl groups is 1. The van der Waals surface area contributed by atoms with Crippen LogP contribution in [0.3, 0.4) is 0 Å². The summed E-state index contributed by atoms with van der Waals surface area (Å²) in [5.41, 5.74) is 9.85. The van der Waals surface area contributed by atoms with Crippen molar-refractivity contribution in [1.29, 1.82) is 0 Å². The zero-order chi connectivity index (χ0) is 13.1. The van der Waals surface area contributed by atoms with Gasteiger partial charge in [0.15, 0.2) is 0 Å². The molecule has 96 valence electrons. The van der Waals surface area contributed by atoms with Gasteiger partial charge in [0, 0.05) is 11.3 Å². The normalized spacial score (nSPS) is 10.8. The van der Waals surface area contributed by atoms with Crippen LogP contribution in [0.4, 0.5) is 0 Å². The van der Waals surface area contributed by atoms with E-state index in [0.717, 1.165) is 23.4 Å². The standard InChI is InChI=1S/C14H19N3O/c1-10-13(7-8-15)11(2)17(16-10)9-12-5-3-4-6-14(12)18/h3-6,18H,7-9,15H2,1-2H3. The smallest absolute Gasteiger partial charge is 0.120 e. The lowest BCUT2D eigenvalue weighted by atomic mass is 10.1. The molecule has 4 nitrogen and oxygen atoms in total. The molecule has 0 fully saturated rings. The largest absolute Gasteiger partial charge is 0.508 e. The highest BCUT2D eigenvalue weighted by molar-refractivity contribution is 5.33. The molecular formula is C14H19N3O. The van der Waals surface area contributed by atoms with E-state index in [4.69, 9.17) is 5.73 Å². The summed E-state index contributed by atoms with van der Waals surface area (Å²) in [6.45, 7) is 5.26. The summed E-state index contributed by atoms with van der Waals surface area (Å²) in [4.78, 5) is 0. The van der Waals surface area contributed by atoms with Crippen LogP contribution in [-0.2, 0) is 13.0 Å². The van der Waals surface area contributed by atoms with Crippen LogP contribution >= 0.6 is 0 Å². The van der Waals surface area contributed by atoms with Crippen LogP contribution in [0.5, 0.6) is 5.75 Å². The Hall–Kier alpha value is -1.81. The van der Waals surface area contributed by atoms with E-state index in [0.29, 0.717) is 18.8 Å². The molecule has 0 radical (unpaired) electrons. The van der Waals surface area contributed by atoms with E-state index in [1.54, 1.807) is 6.07 Å². The Labute approximate surface area is 107 Å². The summed E-state index contributed by atoms with van der Waals surface area (Å²) < 4.78 is 1.93. The van der Waals surface area contributed by atoms with Crippen LogP contribution in [0.25, 0.3) is 0 Å². The first-order valence-electron chi connectivity index (χ1n) is 6.13. The van der Waals surface area contributed by atoms with Gasteiger partial charge in [-0.05, 0) is 38.4 Å². The molecule has 0 atom stereocenters. The third-order valence-corrected chi connectivity index (χ3v) is 3.24. The van der Waals surface area contributed by atoms with Crippen LogP contribution in [0, 0.1) is 13.8 Å². The molecule has 0 aliphatic rings. The highest BCUT2D eigenvalue weighted by atomic mass is 16.3. The topological polar surface area (TPSA) is 64.1 Å². The van der Waals surface area contributed by atoms with Gasteiger partial charge in [0.1, 0.15) is 5.75 Å². The molecule has 0 spiro atoms. The second-order valence-electron chi connectivity index (χ2n) is 4.47. The van der Waals surface area contributed by atoms with Gasteiger partial charge in [0.2, 0.25) is 0 Å². The Morgan fingerprint density at radius 3 is 2.67 bits per heavy atom. The number of rotatable bonds is 4. The first-order valence-corrected chi connectivity index (χ1v) is 6.13. The quantitative estimate of drug-likeness (QED) is 0.862. The Balaban J connectivity index is 2.30. The second-order valence-corrected chi connectivity index (χ2v) is 4.47. The monoisotopic (exact) mass is 245 g/mol. The summed E-state index contributed by atoms with van der Waals surface area (Å²) in [5.74, 6) is 0.311. The number of benzene rings is 1. The van der Waals surface area contributed by atoms with Gasteiger partial charge < -0.3 is 10.8 Å². The van der Waals surface area contributed by atoms with Crippen molar-refractivity contribution in [2.45, 2.75) is 26.8 Å². The van der Waals surface area contributed by atoms with Crippen molar-refractivity contribution in [2.75, 3.05) is 6.54 Å². The first-order chi connectivity index (χ1) is 8.63. The number of para-hydroxylation sites is 1. The van der Waals surface area contributed by atoms with Crippen molar-refractivity contribution in [1.82, 2.24) is 9.78 Å². The maximum Gasteiger partial charge on any atom is 0.120 e. The Kier molecular flexibility index (Phi) is 3.67. The summed E-state index contributed by atoms with van der Waals surface area (Å²) in [6, 6.07) is 7.34. The molecule has 0 aliphatic carbocycles. The van der Waals surface area contributed by atoms with Crippen LogP contribution in [0.2, 0.25) is 0 Å². The van der Waals surface area contributed by atoms with E-state index in [9.17, 15) is 5.11 Å². The molecule has 2 aromatic rings. The Morgan fingerprint density at radius 1 is 1.28 bits per heavy atom. The van der Waals surface area contributed by atoms with Gasteiger partial charge in [0.05, 0.1) is 12.2 Å². The lowest BCUT2D eigenvalue weighted by Gasteiger charge is -2.07. The molecule has 0 unspecified atom stereocenters. The van der Waals surface area contributed by atoms with Crippen LogP contribution < -0.4 is 5.73 Å². The molecule has 18 heavy (non-hydrogen) atoms. The van der Waals surface area contributed by atoms with Gasteiger partial charge >= 0.3 is 0 Å². The summed E-state index contributed by atoms with van der Waals surface area (Å²) >= 11 is 0. The average molecular weight is 245 g/mol. The molecule has 1 heterocycles. The minimum Gasteiger partial charge on any atom is -0.508 e. The van der Waals surface area contributed by atoms with E-state index in [-0.39, 0.29) is 0 Å². The maximum absolute atomic E-state index is 9.78. The van der Waals surface area contributed by atoms with Gasteiger partial charge in [-0.25, -0.2) is 0 Å². The molecule has 3 N–H and O–H groups in total. The fourth-order valence-electron chi connectivity index (χ4n) is 2.20. The molecule has 1 aromatic carbocycles. The first kappa shape index (κ1) is 12.6.